The number of hydrogen-bond donors (Lipinski definition) is 1. The summed E-state index contributed by atoms with van der Waals surface area (Å²) >= 11 is 5.99. The van der Waals surface area contributed by atoms with Crippen molar-refractivity contribution in [1.29, 1.82) is 0 Å². The molecule has 26 heavy (non-hydrogen) atoms. The number of nitrogens with one attached hydrogen (secondary N) is 1. The average molecular weight is 384 g/mol. The van der Waals surface area contributed by atoms with Gasteiger partial charge in [0.05, 0.1) is 0 Å². The lowest BCUT2D eigenvalue weighted by Gasteiger charge is -2.16. The van der Waals surface area contributed by atoms with Crippen LogP contribution in [0.25, 0.3) is 0 Å². The van der Waals surface area contributed by atoms with Crippen molar-refractivity contribution < 1.29 is 27.8 Å². The van der Waals surface area contributed by atoms with Gasteiger partial charge in [0.25, 0.3) is 5.91 Å². The summed E-state index contributed by atoms with van der Waals surface area (Å²) in [7, 11) is 0. The van der Waals surface area contributed by atoms with Crippen molar-refractivity contribution in [2.75, 3.05) is 5.32 Å². The maximum atomic E-state index is 12.4. The number of ether oxygens (including phenoxy) is 2. The van der Waals surface area contributed by atoms with Crippen LogP contribution in [0.1, 0.15) is 22.8 Å². The zero-order valence-corrected chi connectivity index (χ0v) is 14.7. The summed E-state index contributed by atoms with van der Waals surface area (Å²) in [6.45, 7) is 0.00598. The van der Waals surface area contributed by atoms with E-state index in [1.165, 1.54) is 31.2 Å². The van der Waals surface area contributed by atoms with Crippen LogP contribution >= 0.6 is 11.6 Å². The Morgan fingerprint density at radius 3 is 2.50 bits per heavy atom. The molecule has 2 aromatic carbocycles. The Hall–Kier alpha value is -2.67. The summed E-state index contributed by atoms with van der Waals surface area (Å²) < 4.78 is 34.2. The van der Waals surface area contributed by atoms with E-state index < -0.39 is 24.6 Å². The number of halogens is 3. The van der Waals surface area contributed by atoms with E-state index in [0.717, 1.165) is 0 Å². The third-order valence-corrected chi connectivity index (χ3v) is 3.91. The lowest BCUT2D eigenvalue weighted by molar-refractivity contribution is -0.123. The lowest BCUT2D eigenvalue weighted by atomic mass is 10.2. The Balaban J connectivity index is 2.07. The van der Waals surface area contributed by atoms with Crippen molar-refractivity contribution in [2.24, 2.45) is 0 Å². The third-order valence-electron chi connectivity index (χ3n) is 3.50. The summed E-state index contributed by atoms with van der Waals surface area (Å²) in [6.07, 6.45) is -1.17. The van der Waals surface area contributed by atoms with Crippen molar-refractivity contribution in [3.05, 3.63) is 58.6 Å². The van der Waals surface area contributed by atoms with Gasteiger partial charge in [0.15, 0.2) is 6.10 Å². The van der Waals surface area contributed by atoms with Crippen LogP contribution in [0, 0.1) is 6.92 Å². The molecule has 1 amide bonds. The van der Waals surface area contributed by atoms with Gasteiger partial charge in [-0.25, -0.2) is 4.79 Å². The molecule has 0 aliphatic heterocycles. The molecule has 0 unspecified atom stereocenters. The normalized spacial score (nSPS) is 11.8. The van der Waals surface area contributed by atoms with Gasteiger partial charge in [0.1, 0.15) is 11.3 Å². The molecular weight excluding hydrogens is 368 g/mol. The number of amides is 1. The Labute approximate surface area is 153 Å². The molecule has 0 spiro atoms. The predicted molar refractivity (Wildman–Crippen MR) is 92.8 cm³/mol. The monoisotopic (exact) mass is 383 g/mol. The molecule has 0 fully saturated rings. The molecule has 5 nitrogen and oxygen atoms in total. The zero-order chi connectivity index (χ0) is 19.3. The van der Waals surface area contributed by atoms with Crippen LogP contribution in [0.15, 0.2) is 42.5 Å². The summed E-state index contributed by atoms with van der Waals surface area (Å²) in [5.41, 5.74) is 0.940. The quantitative estimate of drug-likeness (QED) is 0.749. The largest absolute Gasteiger partial charge is 0.449 e. The van der Waals surface area contributed by atoms with Crippen LogP contribution in [-0.4, -0.2) is 24.6 Å². The molecule has 2 rings (SSSR count). The van der Waals surface area contributed by atoms with Crippen molar-refractivity contribution in [1.82, 2.24) is 0 Å². The highest BCUT2D eigenvalue weighted by Crippen LogP contribution is 2.24. The Kier molecular flexibility index (Phi) is 6.52. The molecule has 8 heteroatoms. The zero-order valence-electron chi connectivity index (χ0n) is 14.0. The molecule has 0 saturated heterocycles. The summed E-state index contributed by atoms with van der Waals surface area (Å²) in [6, 6.07) is 10.4. The van der Waals surface area contributed by atoms with Crippen molar-refractivity contribution >= 4 is 29.2 Å². The van der Waals surface area contributed by atoms with Gasteiger partial charge in [-0.2, -0.15) is 8.78 Å². The molecule has 138 valence electrons. The molecule has 0 aliphatic rings. The number of anilines is 1. The highest BCUT2D eigenvalue weighted by atomic mass is 35.5. The molecule has 0 radical (unpaired) electrons. The van der Waals surface area contributed by atoms with Crippen molar-refractivity contribution in [2.45, 2.75) is 26.6 Å². The number of para-hydroxylation sites is 1. The molecule has 0 saturated carbocycles. The number of benzene rings is 2. The molecule has 1 N–H and O–H groups in total. The first-order valence-electron chi connectivity index (χ1n) is 7.60. The van der Waals surface area contributed by atoms with Gasteiger partial charge in [-0.3, -0.25) is 4.79 Å². The van der Waals surface area contributed by atoms with Gasteiger partial charge < -0.3 is 14.8 Å². The number of hydrogen-bond acceptors (Lipinski definition) is 4. The smallest absolute Gasteiger partial charge is 0.387 e. The van der Waals surface area contributed by atoms with Gasteiger partial charge in [0.2, 0.25) is 0 Å². The third kappa shape index (κ3) is 4.92. The van der Waals surface area contributed by atoms with Crippen LogP contribution in [0.5, 0.6) is 5.75 Å². The summed E-state index contributed by atoms with van der Waals surface area (Å²) in [5.74, 6) is -1.87. The fourth-order valence-corrected chi connectivity index (χ4v) is 2.26. The van der Waals surface area contributed by atoms with E-state index in [2.05, 4.69) is 10.1 Å². The first-order chi connectivity index (χ1) is 12.3. The molecule has 0 aromatic heterocycles. The molecule has 1 atom stereocenters. The number of rotatable bonds is 6. The van der Waals surface area contributed by atoms with E-state index in [1.807, 2.05) is 0 Å². The van der Waals surface area contributed by atoms with E-state index >= 15 is 0 Å². The first-order valence-corrected chi connectivity index (χ1v) is 7.98. The molecule has 0 bridgehead atoms. The van der Waals surface area contributed by atoms with Crippen LogP contribution in [0.4, 0.5) is 14.5 Å². The molecule has 0 aliphatic carbocycles. The van der Waals surface area contributed by atoms with E-state index in [9.17, 15) is 18.4 Å². The second-order valence-corrected chi connectivity index (χ2v) is 5.73. The van der Waals surface area contributed by atoms with Crippen molar-refractivity contribution in [3.63, 3.8) is 0 Å². The van der Waals surface area contributed by atoms with Crippen LogP contribution in [0.3, 0.4) is 0 Å². The predicted octanol–water partition coefficient (Wildman–Crippen LogP) is 4.43. The van der Waals surface area contributed by atoms with Crippen LogP contribution in [-0.2, 0) is 9.53 Å². The summed E-state index contributed by atoms with van der Waals surface area (Å²) in [5, 5.41) is 3.08. The Morgan fingerprint density at radius 2 is 1.81 bits per heavy atom. The SMILES string of the molecule is Cc1c(Cl)cccc1NC(=O)[C@H](C)OC(=O)c1ccccc1OC(F)F. The van der Waals surface area contributed by atoms with Gasteiger partial charge in [-0.15, -0.1) is 0 Å². The van der Waals surface area contributed by atoms with E-state index in [1.54, 1.807) is 25.1 Å². The second kappa shape index (κ2) is 8.62. The summed E-state index contributed by atoms with van der Waals surface area (Å²) in [4.78, 5) is 24.4. The minimum absolute atomic E-state index is 0.202. The number of alkyl halides is 2. The van der Waals surface area contributed by atoms with Crippen molar-refractivity contribution in [3.8, 4) is 5.75 Å². The highest BCUT2D eigenvalue weighted by Gasteiger charge is 2.23. The fraction of sp³-hybridized carbons (Fsp3) is 0.222. The van der Waals surface area contributed by atoms with Crippen LogP contribution in [0.2, 0.25) is 5.02 Å². The minimum Gasteiger partial charge on any atom is -0.449 e. The Morgan fingerprint density at radius 1 is 1.12 bits per heavy atom. The number of carbonyl (C=O) groups is 2. The van der Waals surface area contributed by atoms with Gasteiger partial charge in [-0.1, -0.05) is 29.8 Å². The van der Waals surface area contributed by atoms with Gasteiger partial charge in [0, 0.05) is 10.7 Å². The standard InChI is InChI=1S/C18H16ClF2NO4/c1-10-13(19)7-5-8-14(10)22-16(23)11(2)25-17(24)12-6-3-4-9-15(12)26-18(20)21/h3-9,11,18H,1-2H3,(H,22,23)/t11-/m0/s1. The molecule has 0 heterocycles. The maximum absolute atomic E-state index is 12.4. The topological polar surface area (TPSA) is 64.6 Å². The van der Waals surface area contributed by atoms with Gasteiger partial charge >= 0.3 is 12.6 Å². The highest BCUT2D eigenvalue weighted by molar-refractivity contribution is 6.31. The van der Waals surface area contributed by atoms with E-state index in [4.69, 9.17) is 16.3 Å². The average Bonchev–Trinajstić information content (AvgIpc) is 2.58. The second-order valence-electron chi connectivity index (χ2n) is 5.32. The number of esters is 1. The maximum Gasteiger partial charge on any atom is 0.387 e. The molecular formula is C18H16ClF2NO4. The van der Waals surface area contributed by atoms with E-state index in [-0.39, 0.29) is 11.3 Å². The van der Waals surface area contributed by atoms with Crippen LogP contribution < -0.4 is 10.1 Å². The lowest BCUT2D eigenvalue weighted by Crippen LogP contribution is -2.30. The minimum atomic E-state index is -3.09. The fourth-order valence-electron chi connectivity index (χ4n) is 2.09. The van der Waals surface area contributed by atoms with E-state index in [0.29, 0.717) is 16.3 Å². The molecule has 2 aromatic rings. The first kappa shape index (κ1) is 19.7. The van der Waals surface area contributed by atoms with Gasteiger partial charge in [-0.05, 0) is 43.7 Å². The Bertz CT molecular complexity index is 814. The number of carbonyl (C=O) groups excluding carboxylic acids is 2.